The Morgan fingerprint density at radius 3 is 2.65 bits per heavy atom. The number of ketones is 1. The number of allylic oxidation sites excluding steroid dienone is 1. The maximum absolute atomic E-state index is 12.1. The highest BCUT2D eigenvalue weighted by Crippen LogP contribution is 2.18. The van der Waals surface area contributed by atoms with Crippen LogP contribution in [0.5, 0.6) is 0 Å². The highest BCUT2D eigenvalue weighted by Gasteiger charge is 2.30. The Morgan fingerprint density at radius 1 is 1.47 bits per heavy atom. The molecular weight excluding hydrogens is 220 g/mol. The summed E-state index contributed by atoms with van der Waals surface area (Å²) in [6.07, 6.45) is -0.173. The highest BCUT2D eigenvalue weighted by molar-refractivity contribution is 5.99. The van der Waals surface area contributed by atoms with Gasteiger partial charge in [-0.05, 0) is 19.8 Å². The molecule has 1 aliphatic heterocycles. The molecule has 0 radical (unpaired) electrons. The van der Waals surface area contributed by atoms with Gasteiger partial charge in [-0.3, -0.25) is 4.79 Å². The SMILES string of the molecule is CCOC1NC(=O)NC(C)=C1C(=O)CC(C)C. The lowest BCUT2D eigenvalue weighted by molar-refractivity contribution is -0.118. The Hall–Kier alpha value is -1.36. The van der Waals surface area contributed by atoms with Gasteiger partial charge in [-0.1, -0.05) is 13.8 Å². The molecule has 1 heterocycles. The molecule has 5 heteroatoms. The molecule has 0 bridgehead atoms. The van der Waals surface area contributed by atoms with Gasteiger partial charge in [-0.2, -0.15) is 0 Å². The van der Waals surface area contributed by atoms with Gasteiger partial charge in [0.2, 0.25) is 0 Å². The molecule has 2 amide bonds. The van der Waals surface area contributed by atoms with E-state index in [1.165, 1.54) is 0 Å². The molecule has 17 heavy (non-hydrogen) atoms. The second-order valence-electron chi connectivity index (χ2n) is 4.49. The Bertz CT molecular complexity index is 348. The van der Waals surface area contributed by atoms with Gasteiger partial charge in [0.05, 0.1) is 5.57 Å². The van der Waals surface area contributed by atoms with E-state index in [9.17, 15) is 9.59 Å². The van der Waals surface area contributed by atoms with Crippen molar-refractivity contribution in [3.05, 3.63) is 11.3 Å². The zero-order valence-corrected chi connectivity index (χ0v) is 10.8. The number of Topliss-reactive ketones (excluding diaryl/α,β-unsaturated/α-hetero) is 1. The third-order valence-electron chi connectivity index (χ3n) is 2.46. The van der Waals surface area contributed by atoms with Gasteiger partial charge in [-0.15, -0.1) is 0 Å². The number of urea groups is 1. The van der Waals surface area contributed by atoms with E-state index in [0.29, 0.717) is 24.3 Å². The van der Waals surface area contributed by atoms with Crippen molar-refractivity contribution >= 4 is 11.8 Å². The average molecular weight is 240 g/mol. The second kappa shape index (κ2) is 5.82. The number of carbonyl (C=O) groups excluding carboxylic acids is 2. The van der Waals surface area contributed by atoms with Gasteiger partial charge in [0.1, 0.15) is 0 Å². The van der Waals surface area contributed by atoms with Gasteiger partial charge in [0, 0.05) is 18.7 Å². The van der Waals surface area contributed by atoms with Crippen LogP contribution in [0.1, 0.15) is 34.1 Å². The van der Waals surface area contributed by atoms with Crippen LogP contribution in [-0.2, 0) is 9.53 Å². The van der Waals surface area contributed by atoms with Crippen LogP contribution in [0.15, 0.2) is 11.3 Å². The fourth-order valence-corrected chi connectivity index (χ4v) is 1.79. The van der Waals surface area contributed by atoms with Gasteiger partial charge in [0.25, 0.3) is 0 Å². The minimum Gasteiger partial charge on any atom is -0.354 e. The minimum absolute atomic E-state index is 0.0171. The molecule has 0 aliphatic carbocycles. The van der Waals surface area contributed by atoms with E-state index in [4.69, 9.17) is 4.74 Å². The Labute approximate surface area is 102 Å². The van der Waals surface area contributed by atoms with Gasteiger partial charge in [-0.25, -0.2) is 4.79 Å². The third kappa shape index (κ3) is 3.56. The van der Waals surface area contributed by atoms with E-state index in [1.54, 1.807) is 6.92 Å². The zero-order chi connectivity index (χ0) is 13.0. The Kier molecular flexibility index (Phi) is 4.69. The van der Waals surface area contributed by atoms with Crippen molar-refractivity contribution in [1.29, 1.82) is 0 Å². The van der Waals surface area contributed by atoms with Crippen molar-refractivity contribution in [1.82, 2.24) is 10.6 Å². The first-order chi connectivity index (χ1) is 7.95. The van der Waals surface area contributed by atoms with Crippen LogP contribution < -0.4 is 10.6 Å². The largest absolute Gasteiger partial charge is 0.354 e. The molecule has 5 nitrogen and oxygen atoms in total. The zero-order valence-electron chi connectivity index (χ0n) is 10.8. The van der Waals surface area contributed by atoms with E-state index in [1.807, 2.05) is 20.8 Å². The lowest BCUT2D eigenvalue weighted by Gasteiger charge is -2.28. The molecule has 96 valence electrons. The number of amides is 2. The Balaban J connectivity index is 2.92. The highest BCUT2D eigenvalue weighted by atomic mass is 16.5. The molecule has 0 saturated carbocycles. The molecule has 0 aromatic rings. The van der Waals surface area contributed by atoms with E-state index in [2.05, 4.69) is 10.6 Å². The second-order valence-corrected chi connectivity index (χ2v) is 4.49. The van der Waals surface area contributed by atoms with Crippen molar-refractivity contribution in [2.24, 2.45) is 5.92 Å². The van der Waals surface area contributed by atoms with E-state index < -0.39 is 6.23 Å². The fourth-order valence-electron chi connectivity index (χ4n) is 1.79. The number of nitrogens with one attached hydrogen (secondary N) is 2. The maximum atomic E-state index is 12.1. The number of ether oxygens (including phenoxy) is 1. The van der Waals surface area contributed by atoms with Crippen molar-refractivity contribution < 1.29 is 14.3 Å². The molecule has 0 spiro atoms. The quantitative estimate of drug-likeness (QED) is 0.766. The monoisotopic (exact) mass is 240 g/mol. The Morgan fingerprint density at radius 2 is 2.12 bits per heavy atom. The summed E-state index contributed by atoms with van der Waals surface area (Å²) in [7, 11) is 0. The molecular formula is C12H20N2O3. The lowest BCUT2D eigenvalue weighted by Crippen LogP contribution is -2.51. The van der Waals surface area contributed by atoms with Crippen LogP contribution >= 0.6 is 0 Å². The number of rotatable bonds is 5. The van der Waals surface area contributed by atoms with Gasteiger partial charge in [0.15, 0.2) is 12.0 Å². The first kappa shape index (κ1) is 13.7. The van der Waals surface area contributed by atoms with Crippen molar-refractivity contribution in [3.8, 4) is 0 Å². The van der Waals surface area contributed by atoms with Crippen LogP contribution in [0, 0.1) is 5.92 Å². The minimum atomic E-state index is -0.625. The van der Waals surface area contributed by atoms with E-state index in [-0.39, 0.29) is 17.7 Å². The normalized spacial score (nSPS) is 20.3. The third-order valence-corrected chi connectivity index (χ3v) is 2.46. The topological polar surface area (TPSA) is 67.4 Å². The van der Waals surface area contributed by atoms with Crippen LogP contribution in [0.4, 0.5) is 4.79 Å². The predicted molar refractivity (Wildman–Crippen MR) is 64.2 cm³/mol. The summed E-state index contributed by atoms with van der Waals surface area (Å²) in [5.74, 6) is 0.297. The van der Waals surface area contributed by atoms with Crippen LogP contribution in [0.3, 0.4) is 0 Å². The molecule has 1 aliphatic rings. The molecule has 1 atom stereocenters. The average Bonchev–Trinajstić information content (AvgIpc) is 2.15. The molecule has 1 unspecified atom stereocenters. The van der Waals surface area contributed by atoms with E-state index in [0.717, 1.165) is 0 Å². The first-order valence-corrected chi connectivity index (χ1v) is 5.88. The fraction of sp³-hybridized carbons (Fsp3) is 0.667. The summed E-state index contributed by atoms with van der Waals surface area (Å²) >= 11 is 0. The van der Waals surface area contributed by atoms with Crippen molar-refractivity contribution in [2.75, 3.05) is 6.61 Å². The molecule has 2 N–H and O–H groups in total. The van der Waals surface area contributed by atoms with Crippen molar-refractivity contribution in [2.45, 2.75) is 40.3 Å². The summed E-state index contributed by atoms with van der Waals surface area (Å²) in [4.78, 5) is 23.4. The smallest absolute Gasteiger partial charge is 0.321 e. The summed E-state index contributed by atoms with van der Waals surface area (Å²) in [5.41, 5.74) is 1.11. The summed E-state index contributed by atoms with van der Waals surface area (Å²) in [5, 5.41) is 5.20. The maximum Gasteiger partial charge on any atom is 0.321 e. The molecule has 0 aromatic heterocycles. The van der Waals surface area contributed by atoms with Crippen LogP contribution in [0.2, 0.25) is 0 Å². The standard InChI is InChI=1S/C12H20N2O3/c1-5-17-11-10(9(15)6-7(2)3)8(4)13-12(16)14-11/h7,11H,5-6H2,1-4H3,(H2,13,14,16). The van der Waals surface area contributed by atoms with Crippen LogP contribution in [-0.4, -0.2) is 24.6 Å². The molecule has 0 fully saturated rings. The number of hydrogen-bond acceptors (Lipinski definition) is 3. The summed E-state index contributed by atoms with van der Waals surface area (Å²) in [6.45, 7) is 7.96. The summed E-state index contributed by atoms with van der Waals surface area (Å²) in [6, 6.07) is -0.331. The van der Waals surface area contributed by atoms with Crippen molar-refractivity contribution in [3.63, 3.8) is 0 Å². The van der Waals surface area contributed by atoms with E-state index >= 15 is 0 Å². The summed E-state index contributed by atoms with van der Waals surface area (Å²) < 4.78 is 5.39. The van der Waals surface area contributed by atoms with Crippen LogP contribution in [0.25, 0.3) is 0 Å². The number of carbonyl (C=O) groups is 2. The number of hydrogen-bond donors (Lipinski definition) is 2. The first-order valence-electron chi connectivity index (χ1n) is 5.88. The van der Waals surface area contributed by atoms with Gasteiger partial charge >= 0.3 is 6.03 Å². The van der Waals surface area contributed by atoms with Gasteiger partial charge < -0.3 is 15.4 Å². The molecule has 0 aromatic carbocycles. The molecule has 0 saturated heterocycles. The lowest BCUT2D eigenvalue weighted by atomic mass is 9.98. The predicted octanol–water partition coefficient (Wildman–Crippen LogP) is 1.55. The molecule has 1 rings (SSSR count).